The van der Waals surface area contributed by atoms with Crippen LogP contribution in [-0.4, -0.2) is 62.3 Å². The predicted octanol–water partition coefficient (Wildman–Crippen LogP) is 3.03. The molecule has 0 spiro atoms. The molecule has 0 bridgehead atoms. The number of aliphatic hydroxyl groups is 1. The van der Waals surface area contributed by atoms with Gasteiger partial charge in [0.1, 0.15) is 0 Å². The molecule has 0 aromatic rings. The standard InChI is InChI=1S/C18H37NO4SSi/c1-8-22-9-10-24-12-14(20)11-15-16(17(21)19-15)13(2)23-25(6,7)18(3,4)5/h13-16,20H,8-12H2,1-7H3,(H,19,21)/t13-,14?,15+,16+/m0/s1. The summed E-state index contributed by atoms with van der Waals surface area (Å²) >= 11 is 1.69. The normalized spacial score (nSPS) is 23.8. The first kappa shape index (κ1) is 23.0. The number of β-lactam (4-membered cyclic amide) rings is 1. The molecule has 1 unspecified atom stereocenters. The van der Waals surface area contributed by atoms with Crippen molar-refractivity contribution in [3.63, 3.8) is 0 Å². The van der Waals surface area contributed by atoms with Gasteiger partial charge in [0, 0.05) is 24.2 Å². The van der Waals surface area contributed by atoms with E-state index in [2.05, 4.69) is 39.2 Å². The molecule has 0 aromatic carbocycles. The molecule has 2 N–H and O–H groups in total. The van der Waals surface area contributed by atoms with Crippen molar-refractivity contribution in [3.05, 3.63) is 0 Å². The summed E-state index contributed by atoms with van der Waals surface area (Å²) in [6.45, 7) is 16.4. The van der Waals surface area contributed by atoms with E-state index in [4.69, 9.17) is 9.16 Å². The summed E-state index contributed by atoms with van der Waals surface area (Å²) in [7, 11) is -1.91. The molecule has 1 aliphatic rings. The van der Waals surface area contributed by atoms with Crippen molar-refractivity contribution in [1.29, 1.82) is 0 Å². The van der Waals surface area contributed by atoms with E-state index in [-0.39, 0.29) is 29.0 Å². The third-order valence-electron chi connectivity index (χ3n) is 5.27. The number of rotatable bonds is 11. The summed E-state index contributed by atoms with van der Waals surface area (Å²) in [6, 6.07) is 0.00904. The van der Waals surface area contributed by atoms with Gasteiger partial charge in [-0.25, -0.2) is 0 Å². The van der Waals surface area contributed by atoms with Gasteiger partial charge in [0.2, 0.25) is 5.91 Å². The van der Waals surface area contributed by atoms with Gasteiger partial charge in [0.05, 0.1) is 24.7 Å². The van der Waals surface area contributed by atoms with E-state index in [1.807, 2.05) is 13.8 Å². The maximum atomic E-state index is 12.1. The Labute approximate surface area is 158 Å². The number of aliphatic hydroxyl groups excluding tert-OH is 1. The maximum Gasteiger partial charge on any atom is 0.228 e. The lowest BCUT2D eigenvalue weighted by atomic mass is 9.83. The average molecular weight is 392 g/mol. The molecule has 4 atom stereocenters. The minimum absolute atomic E-state index is 0.00904. The van der Waals surface area contributed by atoms with Crippen molar-refractivity contribution >= 4 is 26.0 Å². The first-order valence-corrected chi connectivity index (χ1v) is 13.4. The lowest BCUT2D eigenvalue weighted by Crippen LogP contribution is -2.64. The van der Waals surface area contributed by atoms with Crippen molar-refractivity contribution in [2.45, 2.75) is 77.4 Å². The molecule has 0 aromatic heterocycles. The minimum atomic E-state index is -1.91. The Hall–Kier alpha value is -0.0831. The largest absolute Gasteiger partial charge is 0.413 e. The molecule has 0 aliphatic carbocycles. The van der Waals surface area contributed by atoms with E-state index in [1.165, 1.54) is 0 Å². The Morgan fingerprint density at radius 2 is 2.00 bits per heavy atom. The topological polar surface area (TPSA) is 67.8 Å². The Balaban J connectivity index is 2.45. The summed E-state index contributed by atoms with van der Waals surface area (Å²) in [6.07, 6.45) is 0.0562. The van der Waals surface area contributed by atoms with Crippen molar-refractivity contribution in [1.82, 2.24) is 5.32 Å². The quantitative estimate of drug-likeness (QED) is 0.322. The van der Waals surface area contributed by atoms with E-state index in [9.17, 15) is 9.90 Å². The summed E-state index contributed by atoms with van der Waals surface area (Å²) in [4.78, 5) is 12.1. The van der Waals surface area contributed by atoms with Gasteiger partial charge in [-0.2, -0.15) is 11.8 Å². The molecular formula is C18H37NO4SSi. The molecule has 7 heteroatoms. The van der Waals surface area contributed by atoms with E-state index in [0.717, 1.165) is 12.4 Å². The van der Waals surface area contributed by atoms with E-state index >= 15 is 0 Å². The lowest BCUT2D eigenvalue weighted by Gasteiger charge is -2.45. The SMILES string of the molecule is CCOCCSCC(O)C[C@H]1NC(=O)[C@@H]1[C@H](C)O[Si](C)(C)C(C)(C)C. The third-order valence-corrected chi connectivity index (χ3v) is 10.9. The van der Waals surface area contributed by atoms with Crippen molar-refractivity contribution in [2.75, 3.05) is 24.7 Å². The Morgan fingerprint density at radius 1 is 1.36 bits per heavy atom. The molecule has 1 rings (SSSR count). The number of thioether (sulfide) groups is 1. The van der Waals surface area contributed by atoms with Gasteiger partial charge in [-0.3, -0.25) is 4.79 Å². The number of amides is 1. The molecule has 1 amide bonds. The van der Waals surface area contributed by atoms with Gasteiger partial charge in [-0.1, -0.05) is 20.8 Å². The molecule has 25 heavy (non-hydrogen) atoms. The fourth-order valence-corrected chi connectivity index (χ4v) is 5.00. The Morgan fingerprint density at radius 3 is 2.52 bits per heavy atom. The van der Waals surface area contributed by atoms with Crippen LogP contribution in [0.3, 0.4) is 0 Å². The van der Waals surface area contributed by atoms with Gasteiger partial charge in [0.15, 0.2) is 8.32 Å². The second-order valence-corrected chi connectivity index (χ2v) is 14.3. The van der Waals surface area contributed by atoms with Crippen molar-refractivity contribution < 1.29 is 19.1 Å². The second kappa shape index (κ2) is 9.74. The second-order valence-electron chi connectivity index (χ2n) is 8.39. The van der Waals surface area contributed by atoms with Gasteiger partial charge in [-0.05, 0) is 38.4 Å². The molecular weight excluding hydrogens is 354 g/mol. The molecule has 1 fully saturated rings. The number of nitrogens with one attached hydrogen (secondary N) is 1. The molecule has 1 aliphatic heterocycles. The maximum absolute atomic E-state index is 12.1. The number of hydrogen-bond donors (Lipinski definition) is 2. The zero-order valence-electron chi connectivity index (χ0n) is 16.9. The highest BCUT2D eigenvalue weighted by molar-refractivity contribution is 7.99. The summed E-state index contributed by atoms with van der Waals surface area (Å²) in [5, 5.41) is 13.3. The van der Waals surface area contributed by atoms with Gasteiger partial charge >= 0.3 is 0 Å². The highest BCUT2D eigenvalue weighted by Crippen LogP contribution is 2.39. The molecule has 5 nitrogen and oxygen atoms in total. The van der Waals surface area contributed by atoms with Gasteiger partial charge in [0.25, 0.3) is 0 Å². The Bertz CT molecular complexity index is 428. The zero-order chi connectivity index (χ0) is 19.3. The van der Waals surface area contributed by atoms with Crippen LogP contribution in [0.15, 0.2) is 0 Å². The monoisotopic (exact) mass is 391 g/mol. The van der Waals surface area contributed by atoms with Gasteiger partial charge in [-0.15, -0.1) is 0 Å². The first-order valence-electron chi connectivity index (χ1n) is 9.31. The molecule has 0 radical (unpaired) electrons. The van der Waals surface area contributed by atoms with Crippen LogP contribution in [0, 0.1) is 5.92 Å². The molecule has 148 valence electrons. The fourth-order valence-electron chi connectivity index (χ4n) is 2.76. The number of carbonyl (C=O) groups is 1. The highest BCUT2D eigenvalue weighted by atomic mass is 32.2. The zero-order valence-corrected chi connectivity index (χ0v) is 18.7. The van der Waals surface area contributed by atoms with Crippen LogP contribution in [0.2, 0.25) is 18.1 Å². The summed E-state index contributed by atoms with van der Waals surface area (Å²) < 4.78 is 11.7. The van der Waals surface area contributed by atoms with Crippen LogP contribution in [0.5, 0.6) is 0 Å². The predicted molar refractivity (Wildman–Crippen MR) is 108 cm³/mol. The number of ether oxygens (including phenoxy) is 1. The van der Waals surface area contributed by atoms with Crippen LogP contribution in [0.25, 0.3) is 0 Å². The van der Waals surface area contributed by atoms with E-state index < -0.39 is 14.4 Å². The van der Waals surface area contributed by atoms with Crippen LogP contribution in [0.1, 0.15) is 41.0 Å². The van der Waals surface area contributed by atoms with Crippen LogP contribution >= 0.6 is 11.8 Å². The molecule has 1 saturated heterocycles. The highest BCUT2D eigenvalue weighted by Gasteiger charge is 2.47. The Kier molecular flexibility index (Phi) is 8.94. The van der Waals surface area contributed by atoms with E-state index in [0.29, 0.717) is 18.8 Å². The summed E-state index contributed by atoms with van der Waals surface area (Å²) in [5.74, 6) is 1.45. The van der Waals surface area contributed by atoms with Crippen LogP contribution < -0.4 is 5.32 Å². The molecule has 1 heterocycles. The lowest BCUT2D eigenvalue weighted by molar-refractivity contribution is -0.140. The molecule has 0 saturated carbocycles. The smallest absolute Gasteiger partial charge is 0.228 e. The van der Waals surface area contributed by atoms with Crippen molar-refractivity contribution in [2.24, 2.45) is 5.92 Å². The summed E-state index contributed by atoms with van der Waals surface area (Å²) in [5.41, 5.74) is 0. The average Bonchev–Trinajstić information content (AvgIpc) is 2.44. The van der Waals surface area contributed by atoms with Crippen LogP contribution in [-0.2, 0) is 14.0 Å². The van der Waals surface area contributed by atoms with E-state index in [1.54, 1.807) is 11.8 Å². The van der Waals surface area contributed by atoms with Gasteiger partial charge < -0.3 is 19.6 Å². The number of hydrogen-bond acceptors (Lipinski definition) is 5. The van der Waals surface area contributed by atoms with Crippen LogP contribution in [0.4, 0.5) is 0 Å². The number of carbonyl (C=O) groups excluding carboxylic acids is 1. The van der Waals surface area contributed by atoms with Crippen molar-refractivity contribution in [3.8, 4) is 0 Å². The fraction of sp³-hybridized carbons (Fsp3) is 0.944. The first-order chi connectivity index (χ1) is 11.5. The minimum Gasteiger partial charge on any atom is -0.413 e. The third kappa shape index (κ3) is 6.86.